The van der Waals surface area contributed by atoms with E-state index in [1.54, 1.807) is 27.9 Å². The first kappa shape index (κ1) is 38.8. The fourth-order valence-corrected chi connectivity index (χ4v) is 7.58. The van der Waals surface area contributed by atoms with Crippen molar-refractivity contribution >= 4 is 17.7 Å². The fraction of sp³-hybridized carbons (Fsp3) is 0.912. The molecule has 0 aromatic heterocycles. The second-order valence-electron chi connectivity index (χ2n) is 15.3. The first-order valence-corrected chi connectivity index (χ1v) is 16.9. The number of carbonyl (C=O) groups is 3. The molecule has 1 amide bonds. The van der Waals surface area contributed by atoms with Gasteiger partial charge in [0.2, 0.25) is 5.91 Å². The molecule has 0 aromatic rings. The van der Waals surface area contributed by atoms with E-state index in [9.17, 15) is 19.5 Å². The van der Waals surface area contributed by atoms with Crippen LogP contribution in [0.5, 0.6) is 0 Å². The SMILES string of the molecule is CCN1C[C@H](C)C[C@@](C)(OC)[C@H](O[C@@H]2O[C@H](C)C[C@H](N(C)C)[C@H]2O)[C@@H](C)C(=O)C(C)(C)C(=O)OC[C@H]1C1CN(C(=O)CN(C)C)C1. The van der Waals surface area contributed by atoms with E-state index in [0.717, 1.165) is 6.54 Å². The minimum Gasteiger partial charge on any atom is -0.463 e. The highest BCUT2D eigenvalue weighted by Gasteiger charge is 2.52. The third-order valence-electron chi connectivity index (χ3n) is 10.4. The molecule has 0 radical (unpaired) electrons. The maximum Gasteiger partial charge on any atom is 0.319 e. The van der Waals surface area contributed by atoms with Gasteiger partial charge in [-0.2, -0.15) is 0 Å². The van der Waals surface area contributed by atoms with Crippen molar-refractivity contribution in [3.05, 3.63) is 0 Å². The molecule has 3 aliphatic heterocycles. The Bertz CT molecular complexity index is 1050. The number of hydrogen-bond acceptors (Lipinski definition) is 11. The lowest BCUT2D eigenvalue weighted by Gasteiger charge is -2.48. The van der Waals surface area contributed by atoms with Crippen LogP contribution in [0, 0.1) is 23.2 Å². The predicted octanol–water partition coefficient (Wildman–Crippen LogP) is 1.73. The van der Waals surface area contributed by atoms with Crippen LogP contribution < -0.4 is 0 Å². The number of hydrogen-bond donors (Lipinski definition) is 1. The van der Waals surface area contributed by atoms with Gasteiger partial charge in [0.05, 0.1) is 30.4 Å². The van der Waals surface area contributed by atoms with Crippen molar-refractivity contribution in [2.45, 2.75) is 104 Å². The highest BCUT2D eigenvalue weighted by atomic mass is 16.7. The van der Waals surface area contributed by atoms with Crippen LogP contribution in [0.25, 0.3) is 0 Å². The van der Waals surface area contributed by atoms with Gasteiger partial charge < -0.3 is 38.8 Å². The molecule has 3 saturated heterocycles. The quantitative estimate of drug-likeness (QED) is 0.304. The van der Waals surface area contributed by atoms with Gasteiger partial charge in [0, 0.05) is 44.6 Å². The summed E-state index contributed by atoms with van der Waals surface area (Å²) < 4.78 is 25.0. The van der Waals surface area contributed by atoms with Crippen LogP contribution in [-0.4, -0.2) is 159 Å². The number of ether oxygens (including phenoxy) is 4. The molecule has 3 rings (SSSR count). The number of cyclic esters (lactones) is 1. The van der Waals surface area contributed by atoms with E-state index < -0.39 is 41.4 Å². The largest absolute Gasteiger partial charge is 0.463 e. The van der Waals surface area contributed by atoms with Gasteiger partial charge in [0.15, 0.2) is 12.1 Å². The average molecular weight is 655 g/mol. The molecular formula is C34H62N4O8. The van der Waals surface area contributed by atoms with Crippen LogP contribution in [0.3, 0.4) is 0 Å². The van der Waals surface area contributed by atoms with Crippen molar-refractivity contribution < 1.29 is 38.4 Å². The average Bonchev–Trinajstić information content (AvgIpc) is 2.95. The highest BCUT2D eigenvalue weighted by molar-refractivity contribution is 6.04. The van der Waals surface area contributed by atoms with Gasteiger partial charge in [0.1, 0.15) is 18.1 Å². The number of ketones is 1. The molecule has 0 aromatic carbocycles. The summed E-state index contributed by atoms with van der Waals surface area (Å²) in [6.45, 7) is 16.2. The molecule has 9 atom stereocenters. The fourth-order valence-electron chi connectivity index (χ4n) is 7.58. The molecule has 0 spiro atoms. The molecule has 0 bridgehead atoms. The number of likely N-dealkylation sites (N-methyl/N-ethyl adjacent to an activating group) is 3. The summed E-state index contributed by atoms with van der Waals surface area (Å²) in [5.74, 6) is -1.38. The third-order valence-corrected chi connectivity index (χ3v) is 10.4. The Morgan fingerprint density at radius 1 is 1.07 bits per heavy atom. The van der Waals surface area contributed by atoms with Gasteiger partial charge in [-0.25, -0.2) is 0 Å². The van der Waals surface area contributed by atoms with Crippen LogP contribution in [0.2, 0.25) is 0 Å². The van der Waals surface area contributed by atoms with E-state index in [0.29, 0.717) is 39.0 Å². The summed E-state index contributed by atoms with van der Waals surface area (Å²) in [5.41, 5.74) is -2.42. The summed E-state index contributed by atoms with van der Waals surface area (Å²) in [6, 6.07) is -0.302. The van der Waals surface area contributed by atoms with E-state index >= 15 is 0 Å². The van der Waals surface area contributed by atoms with Gasteiger partial charge in [-0.1, -0.05) is 20.8 Å². The van der Waals surface area contributed by atoms with E-state index in [1.807, 2.05) is 56.7 Å². The third kappa shape index (κ3) is 8.67. The van der Waals surface area contributed by atoms with E-state index in [-0.39, 0.29) is 48.3 Å². The first-order valence-electron chi connectivity index (χ1n) is 16.9. The Balaban J connectivity index is 1.96. The number of aliphatic hydroxyl groups is 1. The maximum absolute atomic E-state index is 14.2. The van der Waals surface area contributed by atoms with Crippen LogP contribution in [0.1, 0.15) is 61.3 Å². The van der Waals surface area contributed by atoms with Gasteiger partial charge in [-0.3, -0.25) is 19.3 Å². The summed E-state index contributed by atoms with van der Waals surface area (Å²) in [6.07, 6.45) is -1.74. The van der Waals surface area contributed by atoms with Crippen LogP contribution in [0.4, 0.5) is 0 Å². The van der Waals surface area contributed by atoms with Crippen molar-refractivity contribution in [3.63, 3.8) is 0 Å². The number of methoxy groups -OCH3 is 1. The molecule has 12 heteroatoms. The summed E-state index contributed by atoms with van der Waals surface area (Å²) >= 11 is 0. The van der Waals surface area contributed by atoms with Gasteiger partial charge >= 0.3 is 5.97 Å². The van der Waals surface area contributed by atoms with E-state index in [4.69, 9.17) is 18.9 Å². The molecule has 3 aliphatic rings. The zero-order chi connectivity index (χ0) is 34.7. The number of esters is 1. The van der Waals surface area contributed by atoms with E-state index in [2.05, 4.69) is 18.7 Å². The number of rotatable bonds is 8. The molecule has 46 heavy (non-hydrogen) atoms. The summed E-state index contributed by atoms with van der Waals surface area (Å²) in [4.78, 5) is 48.6. The minimum absolute atomic E-state index is 0.0836. The number of likely N-dealkylation sites (tertiary alicyclic amines) is 1. The number of aliphatic hydroxyl groups excluding tert-OH is 1. The van der Waals surface area contributed by atoms with Gasteiger partial charge in [0.25, 0.3) is 0 Å². The molecule has 266 valence electrons. The minimum atomic E-state index is -1.46. The Kier molecular flexibility index (Phi) is 13.2. The van der Waals surface area contributed by atoms with Crippen LogP contribution >= 0.6 is 0 Å². The van der Waals surface area contributed by atoms with Crippen molar-refractivity contribution in [2.24, 2.45) is 23.2 Å². The molecule has 12 nitrogen and oxygen atoms in total. The first-order chi connectivity index (χ1) is 21.4. The van der Waals surface area contributed by atoms with Crippen molar-refractivity contribution in [3.8, 4) is 0 Å². The topological polar surface area (TPSA) is 121 Å². The number of Topliss-reactive ketones (excluding diaryl/α,β-unsaturated/α-hetero) is 1. The van der Waals surface area contributed by atoms with Crippen molar-refractivity contribution in [1.82, 2.24) is 19.6 Å². The van der Waals surface area contributed by atoms with Gasteiger partial charge in [-0.05, 0) is 81.2 Å². The molecule has 0 aliphatic carbocycles. The van der Waals surface area contributed by atoms with Crippen LogP contribution in [-0.2, 0) is 33.3 Å². The lowest BCUT2D eigenvalue weighted by Crippen LogP contribution is -2.61. The maximum atomic E-state index is 14.2. The Labute approximate surface area is 277 Å². The normalized spacial score (nSPS) is 37.3. The predicted molar refractivity (Wildman–Crippen MR) is 175 cm³/mol. The monoisotopic (exact) mass is 654 g/mol. The number of amides is 1. The lowest BCUT2D eigenvalue weighted by molar-refractivity contribution is -0.295. The zero-order valence-electron chi connectivity index (χ0n) is 30.4. The summed E-state index contributed by atoms with van der Waals surface area (Å²) in [7, 11) is 9.21. The zero-order valence-corrected chi connectivity index (χ0v) is 30.4. The second-order valence-corrected chi connectivity index (χ2v) is 15.3. The number of carbonyl (C=O) groups excluding carboxylic acids is 3. The lowest BCUT2D eigenvalue weighted by atomic mass is 9.74. The molecule has 3 heterocycles. The van der Waals surface area contributed by atoms with Crippen LogP contribution in [0.15, 0.2) is 0 Å². The Morgan fingerprint density at radius 2 is 1.70 bits per heavy atom. The highest BCUT2D eigenvalue weighted by Crippen LogP contribution is 2.39. The Hall–Kier alpha value is -1.67. The van der Waals surface area contributed by atoms with Crippen molar-refractivity contribution in [2.75, 3.05) is 74.6 Å². The van der Waals surface area contributed by atoms with Crippen molar-refractivity contribution in [1.29, 1.82) is 0 Å². The standard InChI is InChI=1S/C34H62N4O8/c1-13-37-16-21(2)15-34(7,43-12)30(46-31-28(40)25(36(10)11)14-22(3)45-31)23(4)29(41)33(5,6)32(42)44-20-26(37)24-17-38(18-24)27(39)19-35(8)9/h21-26,28,30-31,40H,13-20H2,1-12H3/t21-,22-,23+,25+,26+,28-,30-,31+,34-/m1/s1. The number of nitrogens with zero attached hydrogens (tertiary/aromatic N) is 4. The smallest absolute Gasteiger partial charge is 0.319 e. The van der Waals surface area contributed by atoms with Gasteiger partial charge in [-0.15, -0.1) is 0 Å². The molecule has 0 saturated carbocycles. The molecular weight excluding hydrogens is 592 g/mol. The molecule has 0 unspecified atom stereocenters. The molecule has 1 N–H and O–H groups in total. The molecule has 3 fully saturated rings. The van der Waals surface area contributed by atoms with E-state index in [1.165, 1.54) is 0 Å². The summed E-state index contributed by atoms with van der Waals surface area (Å²) in [5, 5.41) is 11.3. The second kappa shape index (κ2) is 15.7. The Morgan fingerprint density at radius 3 is 2.24 bits per heavy atom.